The van der Waals surface area contributed by atoms with Gasteiger partial charge in [-0.05, 0) is 18.3 Å². The van der Waals surface area contributed by atoms with E-state index in [1.807, 2.05) is 0 Å². The van der Waals surface area contributed by atoms with E-state index in [-0.39, 0.29) is 5.41 Å². The molecule has 0 saturated heterocycles. The van der Waals surface area contributed by atoms with E-state index in [0.717, 1.165) is 12.8 Å². The standard InChI is InChI=1S/C9H18O2/c1-9(7-8(10)11)5-3-2-4-6-9/h8,10-11H,2-7H2,1H3. The van der Waals surface area contributed by atoms with Crippen LogP contribution >= 0.6 is 0 Å². The summed E-state index contributed by atoms with van der Waals surface area (Å²) in [6.45, 7) is 2.16. The quantitative estimate of drug-likeness (QED) is 0.600. The Labute approximate surface area is 68.2 Å². The Morgan fingerprint density at radius 2 is 1.73 bits per heavy atom. The molecular weight excluding hydrogens is 140 g/mol. The van der Waals surface area contributed by atoms with Gasteiger partial charge in [0, 0.05) is 6.42 Å². The van der Waals surface area contributed by atoms with E-state index in [0.29, 0.717) is 6.42 Å². The summed E-state index contributed by atoms with van der Waals surface area (Å²) >= 11 is 0. The Balaban J connectivity index is 2.37. The van der Waals surface area contributed by atoms with Crippen molar-refractivity contribution >= 4 is 0 Å². The lowest BCUT2D eigenvalue weighted by atomic mass is 9.73. The fraction of sp³-hybridized carbons (Fsp3) is 1.00. The molecule has 1 fully saturated rings. The van der Waals surface area contributed by atoms with Gasteiger partial charge >= 0.3 is 0 Å². The summed E-state index contributed by atoms with van der Waals surface area (Å²) < 4.78 is 0. The van der Waals surface area contributed by atoms with Crippen molar-refractivity contribution in [2.24, 2.45) is 5.41 Å². The second-order valence-electron chi connectivity index (χ2n) is 4.06. The van der Waals surface area contributed by atoms with E-state index < -0.39 is 6.29 Å². The van der Waals surface area contributed by atoms with Crippen LogP contribution in [0.1, 0.15) is 45.4 Å². The second-order valence-corrected chi connectivity index (χ2v) is 4.06. The lowest BCUT2D eigenvalue weighted by Gasteiger charge is -2.33. The molecule has 0 heterocycles. The van der Waals surface area contributed by atoms with Gasteiger partial charge in [0.05, 0.1) is 0 Å². The highest BCUT2D eigenvalue weighted by molar-refractivity contribution is 4.78. The van der Waals surface area contributed by atoms with Gasteiger partial charge in [0.2, 0.25) is 0 Å². The molecule has 0 spiro atoms. The van der Waals surface area contributed by atoms with Gasteiger partial charge in [0.15, 0.2) is 6.29 Å². The first-order valence-corrected chi connectivity index (χ1v) is 4.49. The molecule has 2 heteroatoms. The van der Waals surface area contributed by atoms with Crippen molar-refractivity contribution in [1.82, 2.24) is 0 Å². The van der Waals surface area contributed by atoms with Gasteiger partial charge in [0.25, 0.3) is 0 Å². The Morgan fingerprint density at radius 3 is 2.18 bits per heavy atom. The molecular formula is C9H18O2. The van der Waals surface area contributed by atoms with Crippen LogP contribution in [-0.4, -0.2) is 16.5 Å². The Morgan fingerprint density at radius 1 is 1.18 bits per heavy atom. The van der Waals surface area contributed by atoms with Gasteiger partial charge in [-0.25, -0.2) is 0 Å². The molecule has 0 atom stereocenters. The third-order valence-corrected chi connectivity index (χ3v) is 2.74. The average molecular weight is 158 g/mol. The number of hydrogen-bond donors (Lipinski definition) is 2. The Kier molecular flexibility index (Phi) is 2.90. The van der Waals surface area contributed by atoms with Crippen LogP contribution in [0, 0.1) is 5.41 Å². The van der Waals surface area contributed by atoms with Crippen LogP contribution in [0.5, 0.6) is 0 Å². The van der Waals surface area contributed by atoms with Gasteiger partial charge in [-0.15, -0.1) is 0 Å². The normalized spacial score (nSPS) is 24.0. The van der Waals surface area contributed by atoms with Crippen LogP contribution < -0.4 is 0 Å². The van der Waals surface area contributed by atoms with Crippen molar-refractivity contribution in [2.45, 2.75) is 51.7 Å². The van der Waals surface area contributed by atoms with Crippen molar-refractivity contribution < 1.29 is 10.2 Å². The molecule has 11 heavy (non-hydrogen) atoms. The number of aliphatic hydroxyl groups excluding tert-OH is 1. The van der Waals surface area contributed by atoms with Crippen molar-refractivity contribution in [1.29, 1.82) is 0 Å². The molecule has 2 nitrogen and oxygen atoms in total. The SMILES string of the molecule is CC1(CC(O)O)CCCCC1. The Hall–Kier alpha value is -0.0800. The predicted molar refractivity (Wildman–Crippen MR) is 44.0 cm³/mol. The highest BCUT2D eigenvalue weighted by Gasteiger charge is 2.28. The van der Waals surface area contributed by atoms with Gasteiger partial charge < -0.3 is 10.2 Å². The maximum atomic E-state index is 8.83. The van der Waals surface area contributed by atoms with Crippen LogP contribution in [-0.2, 0) is 0 Å². The molecule has 1 aliphatic carbocycles. The molecule has 0 aliphatic heterocycles. The molecule has 2 N–H and O–H groups in total. The molecule has 0 aromatic rings. The van der Waals surface area contributed by atoms with Gasteiger partial charge in [-0.1, -0.05) is 26.2 Å². The van der Waals surface area contributed by atoms with E-state index in [1.165, 1.54) is 19.3 Å². The molecule has 1 saturated carbocycles. The van der Waals surface area contributed by atoms with Crippen molar-refractivity contribution in [3.8, 4) is 0 Å². The topological polar surface area (TPSA) is 40.5 Å². The molecule has 0 unspecified atom stereocenters. The van der Waals surface area contributed by atoms with Crippen molar-refractivity contribution in [2.75, 3.05) is 0 Å². The zero-order valence-electron chi connectivity index (χ0n) is 7.21. The summed E-state index contributed by atoms with van der Waals surface area (Å²) in [7, 11) is 0. The lowest BCUT2D eigenvalue weighted by molar-refractivity contribution is -0.0757. The first kappa shape index (κ1) is 9.01. The summed E-state index contributed by atoms with van der Waals surface area (Å²) in [5.74, 6) is 0. The largest absolute Gasteiger partial charge is 0.368 e. The number of hydrogen-bond acceptors (Lipinski definition) is 2. The van der Waals surface area contributed by atoms with Crippen LogP contribution in [0.15, 0.2) is 0 Å². The fourth-order valence-electron chi connectivity index (χ4n) is 2.05. The molecule has 0 amide bonds. The molecule has 0 aromatic carbocycles. The fourth-order valence-corrected chi connectivity index (χ4v) is 2.05. The molecule has 0 radical (unpaired) electrons. The zero-order valence-corrected chi connectivity index (χ0v) is 7.21. The van der Waals surface area contributed by atoms with Crippen LogP contribution in [0.3, 0.4) is 0 Å². The summed E-state index contributed by atoms with van der Waals surface area (Å²) in [4.78, 5) is 0. The van der Waals surface area contributed by atoms with Gasteiger partial charge in [-0.2, -0.15) is 0 Å². The third-order valence-electron chi connectivity index (χ3n) is 2.74. The summed E-state index contributed by atoms with van der Waals surface area (Å²) in [6.07, 6.45) is 5.57. The van der Waals surface area contributed by atoms with Crippen LogP contribution in [0.25, 0.3) is 0 Å². The molecule has 0 aromatic heterocycles. The average Bonchev–Trinajstić information content (AvgIpc) is 1.85. The van der Waals surface area contributed by atoms with E-state index in [9.17, 15) is 0 Å². The minimum Gasteiger partial charge on any atom is -0.368 e. The molecule has 0 bridgehead atoms. The smallest absolute Gasteiger partial charge is 0.151 e. The van der Waals surface area contributed by atoms with E-state index in [4.69, 9.17) is 10.2 Å². The highest BCUT2D eigenvalue weighted by Crippen LogP contribution is 2.39. The number of rotatable bonds is 2. The molecule has 1 rings (SSSR count). The van der Waals surface area contributed by atoms with Crippen molar-refractivity contribution in [3.63, 3.8) is 0 Å². The molecule has 1 aliphatic rings. The van der Waals surface area contributed by atoms with Gasteiger partial charge in [-0.3, -0.25) is 0 Å². The second kappa shape index (κ2) is 3.55. The summed E-state index contributed by atoms with van der Waals surface area (Å²) in [5.41, 5.74) is 0.201. The zero-order chi connectivity index (χ0) is 8.32. The highest BCUT2D eigenvalue weighted by atomic mass is 16.5. The van der Waals surface area contributed by atoms with Crippen molar-refractivity contribution in [3.05, 3.63) is 0 Å². The van der Waals surface area contributed by atoms with Gasteiger partial charge in [0.1, 0.15) is 0 Å². The predicted octanol–water partition coefficient (Wildman–Crippen LogP) is 1.66. The minimum atomic E-state index is -1.11. The minimum absolute atomic E-state index is 0.201. The van der Waals surface area contributed by atoms with E-state index >= 15 is 0 Å². The summed E-state index contributed by atoms with van der Waals surface area (Å²) in [6, 6.07) is 0. The monoisotopic (exact) mass is 158 g/mol. The molecule has 66 valence electrons. The van der Waals surface area contributed by atoms with Crippen LogP contribution in [0.4, 0.5) is 0 Å². The first-order chi connectivity index (χ1) is 5.12. The van der Waals surface area contributed by atoms with Crippen LogP contribution in [0.2, 0.25) is 0 Å². The third kappa shape index (κ3) is 2.80. The number of aliphatic hydroxyl groups is 2. The first-order valence-electron chi connectivity index (χ1n) is 4.49. The summed E-state index contributed by atoms with van der Waals surface area (Å²) in [5, 5.41) is 17.7. The van der Waals surface area contributed by atoms with E-state index in [2.05, 4.69) is 6.92 Å². The Bertz CT molecular complexity index is 115. The maximum absolute atomic E-state index is 8.83. The lowest BCUT2D eigenvalue weighted by Crippen LogP contribution is -2.25. The van der Waals surface area contributed by atoms with E-state index in [1.54, 1.807) is 0 Å². The maximum Gasteiger partial charge on any atom is 0.151 e.